The van der Waals surface area contributed by atoms with Crippen LogP contribution in [0.15, 0.2) is 36.5 Å². The molecule has 0 amide bonds. The third-order valence-corrected chi connectivity index (χ3v) is 4.33. The number of aryl methyl sites for hydroxylation is 2. The topological polar surface area (TPSA) is 50.1 Å². The lowest BCUT2D eigenvalue weighted by atomic mass is 9.75. The molecule has 0 saturated heterocycles. The normalized spacial score (nSPS) is 13.3. The van der Waals surface area contributed by atoms with Crippen LogP contribution in [0.2, 0.25) is 0 Å². The Morgan fingerprint density at radius 2 is 1.95 bits per heavy atom. The van der Waals surface area contributed by atoms with E-state index in [2.05, 4.69) is 54.7 Å². The molecule has 1 heterocycles. The van der Waals surface area contributed by atoms with Gasteiger partial charge in [-0.05, 0) is 17.9 Å². The van der Waals surface area contributed by atoms with Crippen molar-refractivity contribution < 1.29 is 5.11 Å². The van der Waals surface area contributed by atoms with Crippen LogP contribution in [-0.2, 0) is 13.6 Å². The lowest BCUT2D eigenvalue weighted by molar-refractivity contribution is 0.129. The van der Waals surface area contributed by atoms with Crippen LogP contribution in [0.4, 0.5) is 0 Å². The maximum atomic E-state index is 9.75. The first kappa shape index (κ1) is 16.7. The van der Waals surface area contributed by atoms with Crippen molar-refractivity contribution >= 4 is 0 Å². The van der Waals surface area contributed by atoms with Gasteiger partial charge in [-0.2, -0.15) is 5.10 Å². The maximum Gasteiger partial charge on any atom is 0.0638 e. The minimum Gasteiger partial charge on any atom is -0.396 e. The summed E-state index contributed by atoms with van der Waals surface area (Å²) in [6.07, 6.45) is 2.05. The molecule has 0 aliphatic rings. The third-order valence-electron chi connectivity index (χ3n) is 4.33. The summed E-state index contributed by atoms with van der Waals surface area (Å²) in [5.74, 6) is 0.260. The number of aromatic nitrogens is 2. The number of rotatable bonds is 7. The molecule has 1 unspecified atom stereocenters. The summed E-state index contributed by atoms with van der Waals surface area (Å²) in [5, 5.41) is 17.6. The third kappa shape index (κ3) is 3.96. The van der Waals surface area contributed by atoms with E-state index < -0.39 is 0 Å². The molecule has 2 N–H and O–H groups in total. The first-order valence-corrected chi connectivity index (χ1v) is 7.79. The highest BCUT2D eigenvalue weighted by molar-refractivity contribution is 5.22. The number of aliphatic hydroxyl groups excluding tert-OH is 1. The quantitative estimate of drug-likeness (QED) is 0.826. The van der Waals surface area contributed by atoms with Crippen molar-refractivity contribution in [2.24, 2.45) is 12.5 Å². The monoisotopic (exact) mass is 301 g/mol. The fourth-order valence-corrected chi connectivity index (χ4v) is 2.81. The molecule has 1 aromatic heterocycles. The Labute approximate surface area is 133 Å². The zero-order chi connectivity index (χ0) is 16.2. The second-order valence-corrected chi connectivity index (χ2v) is 6.65. The van der Waals surface area contributed by atoms with Crippen LogP contribution in [0.1, 0.15) is 36.6 Å². The van der Waals surface area contributed by atoms with Crippen molar-refractivity contribution in [3.8, 4) is 0 Å². The predicted molar refractivity (Wildman–Crippen MR) is 89.7 cm³/mol. The van der Waals surface area contributed by atoms with Gasteiger partial charge in [0.25, 0.3) is 0 Å². The number of hydrogen-bond donors (Lipinski definition) is 2. The molecule has 120 valence electrons. The van der Waals surface area contributed by atoms with Gasteiger partial charge in [0.2, 0.25) is 0 Å². The van der Waals surface area contributed by atoms with Crippen LogP contribution in [-0.4, -0.2) is 28.0 Å². The summed E-state index contributed by atoms with van der Waals surface area (Å²) in [5.41, 5.74) is 3.37. The summed E-state index contributed by atoms with van der Waals surface area (Å²) in [6, 6.07) is 10.4. The molecule has 0 aliphatic heterocycles. The van der Waals surface area contributed by atoms with Gasteiger partial charge in [-0.15, -0.1) is 0 Å². The van der Waals surface area contributed by atoms with E-state index >= 15 is 0 Å². The van der Waals surface area contributed by atoms with Crippen LogP contribution in [0.25, 0.3) is 0 Å². The van der Waals surface area contributed by atoms with Crippen molar-refractivity contribution in [1.29, 1.82) is 0 Å². The molecular formula is C18H27N3O. The van der Waals surface area contributed by atoms with Gasteiger partial charge >= 0.3 is 0 Å². The molecule has 0 bridgehead atoms. The van der Waals surface area contributed by atoms with E-state index in [0.29, 0.717) is 0 Å². The smallest absolute Gasteiger partial charge is 0.0638 e. The molecule has 22 heavy (non-hydrogen) atoms. The first-order chi connectivity index (χ1) is 10.4. The molecule has 0 spiro atoms. The number of benzene rings is 1. The Kier molecular flexibility index (Phi) is 5.37. The average Bonchev–Trinajstić information content (AvgIpc) is 2.82. The van der Waals surface area contributed by atoms with E-state index in [0.717, 1.165) is 18.8 Å². The standard InChI is InChI=1S/C18H27N3O/c1-14-16(12-21(4)20-14)10-19-11-17(18(2,3)13-22)15-8-6-5-7-9-15/h5-9,12,17,19,22H,10-11,13H2,1-4H3. The van der Waals surface area contributed by atoms with E-state index in [1.54, 1.807) is 0 Å². The largest absolute Gasteiger partial charge is 0.396 e. The van der Waals surface area contributed by atoms with Crippen molar-refractivity contribution in [1.82, 2.24) is 15.1 Å². The minimum atomic E-state index is -0.168. The number of hydrogen-bond acceptors (Lipinski definition) is 3. The summed E-state index contributed by atoms with van der Waals surface area (Å²) >= 11 is 0. The maximum absolute atomic E-state index is 9.75. The molecule has 2 aromatic rings. The van der Waals surface area contributed by atoms with Gasteiger partial charge in [-0.25, -0.2) is 0 Å². The van der Waals surface area contributed by atoms with E-state index in [9.17, 15) is 5.11 Å². The molecule has 0 radical (unpaired) electrons. The Bertz CT molecular complexity index is 590. The summed E-state index contributed by atoms with van der Waals surface area (Å²) < 4.78 is 1.85. The van der Waals surface area contributed by atoms with Crippen molar-refractivity contribution in [3.05, 3.63) is 53.3 Å². The van der Waals surface area contributed by atoms with Gasteiger partial charge in [0.15, 0.2) is 0 Å². The Morgan fingerprint density at radius 1 is 1.27 bits per heavy atom. The summed E-state index contributed by atoms with van der Waals surface area (Å²) in [4.78, 5) is 0. The summed E-state index contributed by atoms with van der Waals surface area (Å²) in [7, 11) is 1.94. The molecule has 0 saturated carbocycles. The number of nitrogens with zero attached hydrogens (tertiary/aromatic N) is 2. The van der Waals surface area contributed by atoms with E-state index in [1.807, 2.05) is 24.7 Å². The summed E-state index contributed by atoms with van der Waals surface area (Å²) in [6.45, 7) is 8.04. The lowest BCUT2D eigenvalue weighted by Gasteiger charge is -2.33. The van der Waals surface area contributed by atoms with Crippen LogP contribution >= 0.6 is 0 Å². The van der Waals surface area contributed by atoms with E-state index in [4.69, 9.17) is 0 Å². The van der Waals surface area contributed by atoms with Crippen LogP contribution < -0.4 is 5.32 Å². The molecule has 0 fully saturated rings. The highest BCUT2D eigenvalue weighted by Gasteiger charge is 2.29. The van der Waals surface area contributed by atoms with Crippen LogP contribution in [0.5, 0.6) is 0 Å². The fourth-order valence-electron chi connectivity index (χ4n) is 2.81. The van der Waals surface area contributed by atoms with Crippen LogP contribution in [0.3, 0.4) is 0 Å². The van der Waals surface area contributed by atoms with Gasteiger partial charge < -0.3 is 10.4 Å². The lowest BCUT2D eigenvalue weighted by Crippen LogP contribution is -2.34. The minimum absolute atomic E-state index is 0.167. The second-order valence-electron chi connectivity index (χ2n) is 6.65. The first-order valence-electron chi connectivity index (χ1n) is 7.79. The molecule has 1 atom stereocenters. The zero-order valence-corrected chi connectivity index (χ0v) is 14.0. The molecule has 0 aliphatic carbocycles. The van der Waals surface area contributed by atoms with Gasteiger partial charge in [0.1, 0.15) is 0 Å². The Morgan fingerprint density at radius 3 is 2.50 bits per heavy atom. The van der Waals surface area contributed by atoms with E-state index in [1.165, 1.54) is 11.1 Å². The highest BCUT2D eigenvalue weighted by Crippen LogP contribution is 2.34. The fraction of sp³-hybridized carbons (Fsp3) is 0.500. The average molecular weight is 301 g/mol. The van der Waals surface area contributed by atoms with Crippen molar-refractivity contribution in [3.63, 3.8) is 0 Å². The van der Waals surface area contributed by atoms with E-state index in [-0.39, 0.29) is 17.9 Å². The number of aliphatic hydroxyl groups is 1. The van der Waals surface area contributed by atoms with Gasteiger partial charge in [0.05, 0.1) is 5.69 Å². The second kappa shape index (κ2) is 7.07. The Hall–Kier alpha value is -1.65. The molecule has 2 rings (SSSR count). The zero-order valence-electron chi connectivity index (χ0n) is 14.0. The van der Waals surface area contributed by atoms with Gasteiger partial charge in [-0.1, -0.05) is 44.2 Å². The van der Waals surface area contributed by atoms with Crippen molar-refractivity contribution in [2.45, 2.75) is 33.2 Å². The van der Waals surface area contributed by atoms with Crippen molar-refractivity contribution in [2.75, 3.05) is 13.2 Å². The van der Waals surface area contributed by atoms with Gasteiger partial charge in [0, 0.05) is 44.4 Å². The molecule has 4 nitrogen and oxygen atoms in total. The highest BCUT2D eigenvalue weighted by atomic mass is 16.3. The molecule has 1 aromatic carbocycles. The van der Waals surface area contributed by atoms with Gasteiger partial charge in [-0.3, -0.25) is 4.68 Å². The molecule has 4 heteroatoms. The molecular weight excluding hydrogens is 274 g/mol. The number of nitrogens with one attached hydrogen (secondary N) is 1. The van der Waals surface area contributed by atoms with Crippen LogP contribution in [0, 0.1) is 12.3 Å². The SMILES string of the molecule is Cc1nn(C)cc1CNCC(c1ccccc1)C(C)(C)CO. The predicted octanol–water partition coefficient (Wildman–Crippen LogP) is 2.62. The Balaban J connectivity index is 2.06.